The Morgan fingerprint density at radius 3 is 1.91 bits per heavy atom. The summed E-state index contributed by atoms with van der Waals surface area (Å²) in [5.74, 6) is 0. The van der Waals surface area contributed by atoms with Crippen molar-refractivity contribution >= 4 is 9.47 Å². The summed E-state index contributed by atoms with van der Waals surface area (Å²) in [5.41, 5.74) is -1.55. The molecule has 0 aliphatic carbocycles. The third kappa shape index (κ3) is 2.52. The fraction of sp³-hybridized carbons (Fsp3) is 0.500. The summed E-state index contributed by atoms with van der Waals surface area (Å²) in [4.78, 5) is 0. The van der Waals surface area contributed by atoms with Crippen LogP contribution in [0.15, 0.2) is 0 Å². The van der Waals surface area contributed by atoms with Crippen molar-refractivity contribution in [1.29, 1.82) is 15.8 Å². The predicted molar refractivity (Wildman–Crippen MR) is 39.6 cm³/mol. The minimum absolute atomic E-state index is 0.111. The molecule has 0 saturated heterocycles. The molecular formula is C6H6N3OP. The van der Waals surface area contributed by atoms with E-state index in [9.17, 15) is 0 Å². The van der Waals surface area contributed by atoms with Gasteiger partial charge in [0, 0.05) is 15.9 Å². The number of hydrogen-bond acceptors (Lipinski definition) is 4. The first kappa shape index (κ1) is 9.86. The lowest BCUT2D eigenvalue weighted by Crippen LogP contribution is -2.14. The quantitative estimate of drug-likeness (QED) is 0.580. The van der Waals surface area contributed by atoms with Gasteiger partial charge in [-0.2, -0.15) is 15.8 Å². The summed E-state index contributed by atoms with van der Waals surface area (Å²) in [6, 6.07) is 4.91. The van der Waals surface area contributed by atoms with Crippen molar-refractivity contribution in [3.05, 3.63) is 0 Å². The molecule has 0 amide bonds. The molecule has 0 aliphatic rings. The number of hydrogen-bond donors (Lipinski definition) is 0. The number of nitriles is 3. The van der Waals surface area contributed by atoms with Crippen molar-refractivity contribution in [2.24, 2.45) is 5.41 Å². The van der Waals surface area contributed by atoms with E-state index in [0.29, 0.717) is 0 Å². The molecule has 0 heterocycles. The van der Waals surface area contributed by atoms with Crippen LogP contribution >= 0.6 is 9.47 Å². The number of rotatable bonds is 3. The molecule has 0 aliphatic heterocycles. The first-order chi connectivity index (χ1) is 5.24. The van der Waals surface area contributed by atoms with E-state index in [-0.39, 0.29) is 13.0 Å². The molecule has 0 spiro atoms. The molecule has 56 valence electrons. The lowest BCUT2D eigenvalue weighted by Gasteiger charge is -2.06. The predicted octanol–water partition coefficient (Wildman–Crippen LogP) is 0.740. The fourth-order valence-corrected chi connectivity index (χ4v) is 0.573. The van der Waals surface area contributed by atoms with E-state index < -0.39 is 5.41 Å². The largest absolute Gasteiger partial charge is 0.366 e. The molecule has 5 heteroatoms. The van der Waals surface area contributed by atoms with Gasteiger partial charge >= 0.3 is 0 Å². The fourth-order valence-electron chi connectivity index (χ4n) is 0.455. The van der Waals surface area contributed by atoms with Gasteiger partial charge in [0.2, 0.25) is 5.41 Å². The van der Waals surface area contributed by atoms with Crippen LogP contribution in [0.5, 0.6) is 0 Å². The van der Waals surface area contributed by atoms with E-state index in [1.807, 2.05) is 9.47 Å². The molecule has 1 unspecified atom stereocenters. The van der Waals surface area contributed by atoms with Crippen LogP contribution < -0.4 is 0 Å². The van der Waals surface area contributed by atoms with E-state index in [0.717, 1.165) is 0 Å². The second-order valence-corrected chi connectivity index (χ2v) is 2.19. The molecule has 0 fully saturated rings. The molecule has 0 bridgehead atoms. The van der Waals surface area contributed by atoms with Crippen LogP contribution in [0.1, 0.15) is 6.42 Å². The van der Waals surface area contributed by atoms with E-state index in [2.05, 4.69) is 4.52 Å². The average Bonchev–Trinajstić information content (AvgIpc) is 2.08. The van der Waals surface area contributed by atoms with Gasteiger partial charge in [0.1, 0.15) is 18.2 Å². The molecule has 11 heavy (non-hydrogen) atoms. The Morgan fingerprint density at radius 1 is 1.18 bits per heavy atom. The maximum absolute atomic E-state index is 8.45. The summed E-state index contributed by atoms with van der Waals surface area (Å²) in [5, 5.41) is 25.3. The van der Waals surface area contributed by atoms with Crippen LogP contribution in [0, 0.1) is 39.4 Å². The van der Waals surface area contributed by atoms with Crippen LogP contribution in [0.3, 0.4) is 0 Å². The molecular weight excluding hydrogens is 161 g/mol. The average molecular weight is 167 g/mol. The topological polar surface area (TPSA) is 80.6 Å². The monoisotopic (exact) mass is 167 g/mol. The molecule has 0 N–H and O–H groups in total. The van der Waals surface area contributed by atoms with Crippen LogP contribution in [0.4, 0.5) is 0 Å². The van der Waals surface area contributed by atoms with Crippen LogP contribution in [-0.2, 0) is 4.52 Å². The zero-order valence-corrected chi connectivity index (χ0v) is 6.90. The molecule has 4 nitrogen and oxygen atoms in total. The normalized spacial score (nSPS) is 9.27. The maximum atomic E-state index is 8.45. The molecule has 0 radical (unpaired) electrons. The summed E-state index contributed by atoms with van der Waals surface area (Å²) in [6.45, 7) is 0.208. The van der Waals surface area contributed by atoms with Crippen molar-refractivity contribution < 1.29 is 4.52 Å². The first-order valence-corrected chi connectivity index (χ1v) is 3.27. The minimum Gasteiger partial charge on any atom is -0.366 e. The summed E-state index contributed by atoms with van der Waals surface area (Å²) >= 11 is 0. The zero-order chi connectivity index (χ0) is 8.74. The summed E-state index contributed by atoms with van der Waals surface area (Å²) in [6.07, 6.45) is 0.111. The van der Waals surface area contributed by atoms with Gasteiger partial charge < -0.3 is 4.52 Å². The van der Waals surface area contributed by atoms with Crippen LogP contribution in [0.2, 0.25) is 0 Å². The zero-order valence-electron chi connectivity index (χ0n) is 5.74. The highest BCUT2D eigenvalue weighted by Gasteiger charge is 2.29. The molecule has 1 atom stereocenters. The highest BCUT2D eigenvalue weighted by molar-refractivity contribution is 7.09. The Hall–Kier alpha value is -1.14. The molecule has 0 rings (SSSR count). The van der Waals surface area contributed by atoms with E-state index in [4.69, 9.17) is 15.8 Å². The van der Waals surface area contributed by atoms with Crippen molar-refractivity contribution in [3.8, 4) is 18.2 Å². The third-order valence-electron chi connectivity index (χ3n) is 1.17. The van der Waals surface area contributed by atoms with Gasteiger partial charge in [-0.25, -0.2) is 0 Å². The standard InChI is InChI=1S/C6H6N3OP/c7-3-6(4-8,5-9)1-2-10-11/h1-2,11H2. The van der Waals surface area contributed by atoms with Gasteiger partial charge in [0.15, 0.2) is 0 Å². The van der Waals surface area contributed by atoms with Crippen molar-refractivity contribution in [2.45, 2.75) is 6.42 Å². The Bertz CT molecular complexity index is 208. The second kappa shape index (κ2) is 4.64. The SMILES string of the molecule is N#CC(C#N)(C#N)CCOP. The first-order valence-electron chi connectivity index (χ1n) is 2.80. The van der Waals surface area contributed by atoms with Gasteiger partial charge in [-0.3, -0.25) is 0 Å². The Kier molecular flexibility index (Phi) is 4.16. The smallest absolute Gasteiger partial charge is 0.230 e. The second-order valence-electron chi connectivity index (χ2n) is 1.86. The summed E-state index contributed by atoms with van der Waals surface area (Å²) < 4.78 is 4.57. The lowest BCUT2D eigenvalue weighted by atomic mass is 9.90. The van der Waals surface area contributed by atoms with Gasteiger partial charge in [-0.1, -0.05) is 0 Å². The lowest BCUT2D eigenvalue weighted by molar-refractivity contribution is 0.334. The summed E-state index contributed by atoms with van der Waals surface area (Å²) in [7, 11) is 1.99. The highest BCUT2D eigenvalue weighted by Crippen LogP contribution is 2.18. The Morgan fingerprint density at radius 2 is 1.64 bits per heavy atom. The van der Waals surface area contributed by atoms with E-state index >= 15 is 0 Å². The van der Waals surface area contributed by atoms with Crippen molar-refractivity contribution in [3.63, 3.8) is 0 Å². The number of nitrogens with zero attached hydrogens (tertiary/aromatic N) is 3. The van der Waals surface area contributed by atoms with Gasteiger partial charge in [-0.15, -0.1) is 0 Å². The van der Waals surface area contributed by atoms with Crippen molar-refractivity contribution in [2.75, 3.05) is 6.61 Å². The van der Waals surface area contributed by atoms with E-state index in [1.54, 1.807) is 18.2 Å². The Labute approximate surface area is 67.3 Å². The van der Waals surface area contributed by atoms with Gasteiger partial charge in [0.05, 0.1) is 6.61 Å². The van der Waals surface area contributed by atoms with Crippen molar-refractivity contribution in [1.82, 2.24) is 0 Å². The van der Waals surface area contributed by atoms with Crippen LogP contribution in [0.25, 0.3) is 0 Å². The van der Waals surface area contributed by atoms with Gasteiger partial charge in [0.25, 0.3) is 0 Å². The van der Waals surface area contributed by atoms with Crippen LogP contribution in [-0.4, -0.2) is 6.61 Å². The molecule has 0 aromatic carbocycles. The Balaban J connectivity index is 4.28. The van der Waals surface area contributed by atoms with Gasteiger partial charge in [-0.05, 0) is 0 Å². The molecule has 0 aromatic rings. The third-order valence-corrected chi connectivity index (χ3v) is 1.40. The van der Waals surface area contributed by atoms with E-state index in [1.165, 1.54) is 0 Å². The molecule has 0 saturated carbocycles. The maximum Gasteiger partial charge on any atom is 0.230 e. The highest BCUT2D eigenvalue weighted by atomic mass is 31.0. The molecule has 0 aromatic heterocycles. The minimum atomic E-state index is -1.55.